The Bertz CT molecular complexity index is 1230. The number of hydrogen-bond acceptors (Lipinski definition) is 7. The van der Waals surface area contributed by atoms with Crippen molar-refractivity contribution in [3.8, 4) is 0 Å². The molecule has 5 rings (SSSR count). The second-order valence-corrected chi connectivity index (χ2v) is 12.3. The Balaban J connectivity index is 1.43. The highest BCUT2D eigenvalue weighted by molar-refractivity contribution is 7.91. The molecule has 1 N–H and O–H groups in total. The highest BCUT2D eigenvalue weighted by Gasteiger charge is 2.34. The van der Waals surface area contributed by atoms with Crippen LogP contribution in [0.1, 0.15) is 92.0 Å². The molecule has 10 heteroatoms. The van der Waals surface area contributed by atoms with E-state index in [2.05, 4.69) is 10.4 Å². The maximum Gasteiger partial charge on any atom is 0.339 e. The van der Waals surface area contributed by atoms with E-state index in [0.717, 1.165) is 44.2 Å². The molecule has 2 aromatic rings. The molecule has 1 saturated heterocycles. The van der Waals surface area contributed by atoms with Crippen LogP contribution in [0.3, 0.4) is 0 Å². The third-order valence-corrected chi connectivity index (χ3v) is 8.98. The van der Waals surface area contributed by atoms with Crippen LogP contribution in [0, 0.1) is 6.92 Å². The van der Waals surface area contributed by atoms with Gasteiger partial charge in [-0.25, -0.2) is 22.9 Å². The van der Waals surface area contributed by atoms with Gasteiger partial charge in [-0.15, -0.1) is 0 Å². The molecule has 0 unspecified atom stereocenters. The first-order valence-corrected chi connectivity index (χ1v) is 14.2. The fourth-order valence-corrected chi connectivity index (χ4v) is 6.84. The molecule has 34 heavy (non-hydrogen) atoms. The summed E-state index contributed by atoms with van der Waals surface area (Å²) in [6.07, 6.45) is 6.86. The minimum Gasteiger partial charge on any atom is -0.449 e. The molecule has 2 saturated carbocycles. The van der Waals surface area contributed by atoms with Crippen LogP contribution in [-0.4, -0.2) is 58.7 Å². The summed E-state index contributed by atoms with van der Waals surface area (Å²) in [4.78, 5) is 30.7. The van der Waals surface area contributed by atoms with Crippen molar-refractivity contribution < 1.29 is 22.7 Å². The summed E-state index contributed by atoms with van der Waals surface area (Å²) in [7, 11) is -3.11. The van der Waals surface area contributed by atoms with Gasteiger partial charge in [0, 0.05) is 17.7 Å². The predicted octanol–water partition coefficient (Wildman–Crippen LogP) is 2.97. The van der Waals surface area contributed by atoms with Crippen molar-refractivity contribution in [3.63, 3.8) is 0 Å². The van der Waals surface area contributed by atoms with E-state index in [4.69, 9.17) is 9.72 Å². The van der Waals surface area contributed by atoms with E-state index in [-0.39, 0.29) is 35.4 Å². The van der Waals surface area contributed by atoms with Crippen LogP contribution in [0.4, 0.5) is 0 Å². The number of nitrogens with one attached hydrogen (secondary N) is 1. The minimum atomic E-state index is -3.11. The Kier molecular flexibility index (Phi) is 6.12. The fraction of sp³-hybridized carbons (Fsp3) is 0.667. The van der Waals surface area contributed by atoms with Crippen molar-refractivity contribution in [2.45, 2.75) is 89.3 Å². The molecule has 9 nitrogen and oxygen atoms in total. The van der Waals surface area contributed by atoms with Crippen molar-refractivity contribution in [2.75, 3.05) is 11.5 Å². The van der Waals surface area contributed by atoms with Crippen LogP contribution in [0.15, 0.2) is 6.07 Å². The number of aromatic nitrogens is 3. The third-order valence-electron chi connectivity index (χ3n) is 7.23. The van der Waals surface area contributed by atoms with E-state index in [1.54, 1.807) is 24.6 Å². The van der Waals surface area contributed by atoms with Gasteiger partial charge in [0.15, 0.2) is 21.6 Å². The third kappa shape index (κ3) is 4.69. The average molecular weight is 489 g/mol. The van der Waals surface area contributed by atoms with Crippen LogP contribution < -0.4 is 5.32 Å². The van der Waals surface area contributed by atoms with Gasteiger partial charge in [-0.05, 0) is 52.0 Å². The second kappa shape index (κ2) is 8.94. The van der Waals surface area contributed by atoms with Gasteiger partial charge in [0.2, 0.25) is 0 Å². The van der Waals surface area contributed by atoms with E-state index in [0.29, 0.717) is 28.7 Å². The number of rotatable bonds is 6. The number of sulfone groups is 1. The molecular weight excluding hydrogens is 456 g/mol. The van der Waals surface area contributed by atoms with Crippen molar-refractivity contribution in [1.82, 2.24) is 20.1 Å². The van der Waals surface area contributed by atoms with Crippen LogP contribution in [-0.2, 0) is 19.4 Å². The van der Waals surface area contributed by atoms with Crippen molar-refractivity contribution in [3.05, 3.63) is 23.0 Å². The smallest absolute Gasteiger partial charge is 0.339 e. The van der Waals surface area contributed by atoms with Gasteiger partial charge < -0.3 is 10.1 Å². The van der Waals surface area contributed by atoms with Gasteiger partial charge in [0.1, 0.15) is 0 Å². The fourth-order valence-electron chi connectivity index (χ4n) is 5.15. The van der Waals surface area contributed by atoms with E-state index in [9.17, 15) is 18.0 Å². The maximum absolute atomic E-state index is 13.3. The summed E-state index contributed by atoms with van der Waals surface area (Å²) >= 11 is 0. The highest BCUT2D eigenvalue weighted by atomic mass is 32.2. The summed E-state index contributed by atoms with van der Waals surface area (Å²) in [6, 6.07) is 1.60. The number of pyridine rings is 1. The van der Waals surface area contributed by atoms with Gasteiger partial charge >= 0.3 is 5.97 Å². The van der Waals surface area contributed by atoms with Crippen molar-refractivity contribution in [2.24, 2.45) is 0 Å². The lowest BCUT2D eigenvalue weighted by atomic mass is 9.95. The Hall–Kier alpha value is -2.49. The molecule has 184 valence electrons. The lowest BCUT2D eigenvalue weighted by Gasteiger charge is -2.24. The number of carbonyl (C=O) groups excluding carboxylic acids is 2. The molecule has 2 atom stereocenters. The summed E-state index contributed by atoms with van der Waals surface area (Å²) < 4.78 is 31.4. The normalized spacial score (nSPS) is 23.6. The first-order chi connectivity index (χ1) is 16.2. The zero-order valence-electron chi connectivity index (χ0n) is 19.7. The molecule has 0 radical (unpaired) electrons. The number of nitrogens with zero attached hydrogens (tertiary/aromatic N) is 3. The molecule has 0 spiro atoms. The number of amides is 1. The summed E-state index contributed by atoms with van der Waals surface area (Å²) in [6.45, 7) is 3.38. The number of hydrogen-bond donors (Lipinski definition) is 1. The van der Waals surface area contributed by atoms with Gasteiger partial charge in [-0.2, -0.15) is 5.10 Å². The molecule has 2 aromatic heterocycles. The first-order valence-electron chi connectivity index (χ1n) is 12.3. The predicted molar refractivity (Wildman–Crippen MR) is 126 cm³/mol. The Morgan fingerprint density at radius 2 is 1.88 bits per heavy atom. The zero-order chi connectivity index (χ0) is 24.0. The number of esters is 1. The monoisotopic (exact) mass is 488 g/mol. The van der Waals surface area contributed by atoms with Crippen LogP contribution >= 0.6 is 0 Å². The van der Waals surface area contributed by atoms with E-state index >= 15 is 0 Å². The number of ether oxygens (including phenoxy) is 1. The molecule has 1 aliphatic heterocycles. The standard InChI is InChI=1S/C24H32N4O5S/c1-14-21-19(24(30)33-15(2)23(29)25-17-6-4-3-5-7-17)12-20(16-8-9-16)26-22(21)28(27-14)18-10-11-34(31,32)13-18/h12,15-18H,3-11,13H2,1-2H3,(H,25,29)/t15-,18-/m1/s1. The highest BCUT2D eigenvalue weighted by Crippen LogP contribution is 2.41. The van der Waals surface area contributed by atoms with E-state index in [1.165, 1.54) is 6.42 Å². The van der Waals surface area contributed by atoms with Gasteiger partial charge in [0.05, 0.1) is 34.2 Å². The van der Waals surface area contributed by atoms with Gasteiger partial charge in [-0.3, -0.25) is 4.79 Å². The molecule has 3 aliphatic rings. The largest absolute Gasteiger partial charge is 0.449 e. The second-order valence-electron chi connectivity index (χ2n) is 10.0. The molecule has 2 aliphatic carbocycles. The first kappa shape index (κ1) is 23.3. The zero-order valence-corrected chi connectivity index (χ0v) is 20.6. The van der Waals surface area contributed by atoms with E-state index < -0.39 is 21.9 Å². The Morgan fingerprint density at radius 1 is 1.15 bits per heavy atom. The average Bonchev–Trinajstić information content (AvgIpc) is 3.52. The van der Waals surface area contributed by atoms with Crippen LogP contribution in [0.2, 0.25) is 0 Å². The molecule has 3 heterocycles. The lowest BCUT2D eigenvalue weighted by molar-refractivity contribution is -0.130. The molecule has 3 fully saturated rings. The van der Waals surface area contributed by atoms with E-state index in [1.807, 2.05) is 0 Å². The molecular formula is C24H32N4O5S. The number of carbonyl (C=O) groups is 2. The molecule has 0 bridgehead atoms. The summed E-state index contributed by atoms with van der Waals surface area (Å²) in [5.74, 6) is -0.433. The quantitative estimate of drug-likeness (QED) is 0.621. The minimum absolute atomic E-state index is 0.0245. The molecule has 0 aromatic carbocycles. The molecule has 1 amide bonds. The summed E-state index contributed by atoms with van der Waals surface area (Å²) in [5, 5.41) is 8.17. The van der Waals surface area contributed by atoms with Gasteiger partial charge in [-0.1, -0.05) is 19.3 Å². The lowest BCUT2D eigenvalue weighted by Crippen LogP contribution is -2.42. The van der Waals surface area contributed by atoms with Crippen molar-refractivity contribution in [1.29, 1.82) is 0 Å². The van der Waals surface area contributed by atoms with Gasteiger partial charge in [0.25, 0.3) is 5.91 Å². The Morgan fingerprint density at radius 3 is 2.53 bits per heavy atom. The van der Waals surface area contributed by atoms with Crippen LogP contribution in [0.25, 0.3) is 11.0 Å². The number of aryl methyl sites for hydroxylation is 1. The van der Waals surface area contributed by atoms with Crippen LogP contribution in [0.5, 0.6) is 0 Å². The topological polar surface area (TPSA) is 120 Å². The SMILES string of the molecule is Cc1nn([C@@H]2CCS(=O)(=O)C2)c2nc(C3CC3)cc(C(=O)O[C@H](C)C(=O)NC3CCCCC3)c12. The number of fused-ring (bicyclic) bond motifs is 1. The summed E-state index contributed by atoms with van der Waals surface area (Å²) in [5.41, 5.74) is 2.25. The Labute approximate surface area is 199 Å². The van der Waals surface area contributed by atoms with Crippen molar-refractivity contribution >= 4 is 32.7 Å². The maximum atomic E-state index is 13.3.